The van der Waals surface area contributed by atoms with Crippen molar-refractivity contribution < 1.29 is 18.9 Å². The molecular weight excluding hydrogens is 436 g/mol. The van der Waals surface area contributed by atoms with Crippen molar-refractivity contribution in [2.45, 2.75) is 12.5 Å². The summed E-state index contributed by atoms with van der Waals surface area (Å²) in [7, 11) is 1.60. The minimum Gasteiger partial charge on any atom is -0.497 e. The molecule has 34 heavy (non-hydrogen) atoms. The smallest absolute Gasteiger partial charge is 0.290 e. The van der Waals surface area contributed by atoms with Crippen molar-refractivity contribution in [2.75, 3.05) is 13.7 Å². The van der Waals surface area contributed by atoms with E-state index in [4.69, 9.17) is 9.15 Å². The SMILES string of the molecule is COc1ccc(CCN2C(=O)c3oc4ccccc4c(=O)c3[C@H]2c2ccc([N+](=O)[O-])cc2)cc1. The van der Waals surface area contributed by atoms with Gasteiger partial charge in [0, 0.05) is 18.7 Å². The summed E-state index contributed by atoms with van der Waals surface area (Å²) in [6, 6.07) is 19.6. The van der Waals surface area contributed by atoms with Crippen molar-refractivity contribution in [2.24, 2.45) is 0 Å². The van der Waals surface area contributed by atoms with Crippen molar-refractivity contribution in [3.05, 3.63) is 116 Å². The second kappa shape index (κ2) is 8.47. The van der Waals surface area contributed by atoms with Crippen molar-refractivity contribution in [3.63, 3.8) is 0 Å². The monoisotopic (exact) mass is 456 g/mol. The van der Waals surface area contributed by atoms with Crippen molar-refractivity contribution >= 4 is 22.6 Å². The Labute approximate surface area is 194 Å². The first-order valence-corrected chi connectivity index (χ1v) is 10.7. The fourth-order valence-electron chi connectivity index (χ4n) is 4.36. The van der Waals surface area contributed by atoms with Gasteiger partial charge < -0.3 is 14.1 Å². The number of methoxy groups -OCH3 is 1. The molecule has 0 unspecified atom stereocenters. The maximum absolute atomic E-state index is 13.5. The number of nitro groups is 1. The second-order valence-corrected chi connectivity index (χ2v) is 8.02. The van der Waals surface area contributed by atoms with Crippen molar-refractivity contribution in [1.29, 1.82) is 0 Å². The van der Waals surface area contributed by atoms with Crippen LogP contribution in [0, 0.1) is 10.1 Å². The molecule has 1 amide bonds. The van der Waals surface area contributed by atoms with Gasteiger partial charge in [-0.2, -0.15) is 0 Å². The third-order valence-corrected chi connectivity index (χ3v) is 6.09. The van der Waals surface area contributed by atoms with Crippen LogP contribution < -0.4 is 10.2 Å². The lowest BCUT2D eigenvalue weighted by molar-refractivity contribution is -0.384. The molecule has 0 aliphatic carbocycles. The Balaban J connectivity index is 1.58. The summed E-state index contributed by atoms with van der Waals surface area (Å²) in [5.41, 5.74) is 1.86. The number of fused-ring (bicyclic) bond motifs is 2. The molecule has 0 radical (unpaired) electrons. The Hall–Kier alpha value is -4.46. The average molecular weight is 456 g/mol. The van der Waals surface area contributed by atoms with Gasteiger partial charge in [0.05, 0.1) is 29.0 Å². The highest BCUT2D eigenvalue weighted by molar-refractivity contribution is 5.99. The highest BCUT2D eigenvalue weighted by Crippen LogP contribution is 2.38. The number of ether oxygens (including phenoxy) is 1. The van der Waals surface area contributed by atoms with E-state index in [2.05, 4.69) is 0 Å². The van der Waals surface area contributed by atoms with Crippen molar-refractivity contribution in [1.82, 2.24) is 4.90 Å². The molecule has 170 valence electrons. The Morgan fingerprint density at radius 1 is 1.00 bits per heavy atom. The molecule has 0 saturated heterocycles. The second-order valence-electron chi connectivity index (χ2n) is 8.02. The molecule has 3 aromatic carbocycles. The largest absolute Gasteiger partial charge is 0.497 e. The molecule has 1 aromatic heterocycles. The fraction of sp³-hybridized carbons (Fsp3) is 0.154. The molecule has 4 aromatic rings. The van der Waals surface area contributed by atoms with Gasteiger partial charge in [0.2, 0.25) is 5.76 Å². The number of non-ortho nitro benzene ring substituents is 1. The number of carbonyl (C=O) groups excluding carboxylic acids is 1. The molecule has 0 N–H and O–H groups in total. The molecule has 0 fully saturated rings. The first-order valence-electron chi connectivity index (χ1n) is 10.7. The fourth-order valence-corrected chi connectivity index (χ4v) is 4.36. The van der Waals surface area contributed by atoms with Gasteiger partial charge in [0.15, 0.2) is 5.43 Å². The van der Waals surface area contributed by atoms with Gasteiger partial charge in [-0.25, -0.2) is 0 Å². The van der Waals surface area contributed by atoms with Crippen LogP contribution in [0.15, 0.2) is 82.0 Å². The molecular formula is C26H20N2O6. The van der Waals surface area contributed by atoms with Crippen LogP contribution >= 0.6 is 0 Å². The molecule has 1 atom stereocenters. The summed E-state index contributed by atoms with van der Waals surface area (Å²) >= 11 is 0. The van der Waals surface area contributed by atoms with E-state index in [1.807, 2.05) is 24.3 Å². The molecule has 8 nitrogen and oxygen atoms in total. The Bertz CT molecular complexity index is 1460. The molecule has 0 spiro atoms. The summed E-state index contributed by atoms with van der Waals surface area (Å²) in [5, 5.41) is 11.5. The van der Waals surface area contributed by atoms with Gasteiger partial charge in [-0.15, -0.1) is 0 Å². The van der Waals surface area contributed by atoms with Gasteiger partial charge in [-0.05, 0) is 53.9 Å². The lowest BCUT2D eigenvalue weighted by Crippen LogP contribution is -2.31. The summed E-state index contributed by atoms with van der Waals surface area (Å²) in [6.45, 7) is 0.326. The zero-order valence-corrected chi connectivity index (χ0v) is 18.3. The zero-order chi connectivity index (χ0) is 23.8. The Kier molecular flexibility index (Phi) is 5.33. The zero-order valence-electron chi connectivity index (χ0n) is 18.3. The first-order chi connectivity index (χ1) is 16.5. The molecule has 8 heteroatoms. The number of hydrogen-bond donors (Lipinski definition) is 0. The van der Waals surface area contributed by atoms with Gasteiger partial charge in [-0.1, -0.05) is 24.3 Å². The Morgan fingerprint density at radius 3 is 2.38 bits per heavy atom. The minimum absolute atomic E-state index is 0.0155. The molecule has 0 saturated carbocycles. The van der Waals surface area contributed by atoms with Crippen LogP contribution in [0.2, 0.25) is 0 Å². The molecule has 1 aliphatic rings. The van der Waals surface area contributed by atoms with E-state index >= 15 is 0 Å². The van der Waals surface area contributed by atoms with E-state index in [0.717, 1.165) is 11.3 Å². The lowest BCUT2D eigenvalue weighted by Gasteiger charge is -2.25. The van der Waals surface area contributed by atoms with Gasteiger partial charge in [-0.3, -0.25) is 19.7 Å². The quantitative estimate of drug-likeness (QED) is 0.313. The van der Waals surface area contributed by atoms with E-state index in [9.17, 15) is 19.7 Å². The molecule has 5 rings (SSSR count). The van der Waals surface area contributed by atoms with E-state index < -0.39 is 11.0 Å². The number of hydrogen-bond acceptors (Lipinski definition) is 6. The third kappa shape index (κ3) is 3.59. The summed E-state index contributed by atoms with van der Waals surface area (Å²) in [6.07, 6.45) is 0.543. The average Bonchev–Trinajstić information content (AvgIpc) is 3.15. The molecule has 1 aliphatic heterocycles. The van der Waals surface area contributed by atoms with Crippen LogP contribution in [0.5, 0.6) is 5.75 Å². The van der Waals surface area contributed by atoms with Crippen LogP contribution in [0.25, 0.3) is 11.0 Å². The highest BCUT2D eigenvalue weighted by Gasteiger charge is 2.42. The number of amides is 1. The highest BCUT2D eigenvalue weighted by atomic mass is 16.6. The van der Waals surface area contributed by atoms with Gasteiger partial charge in [0.1, 0.15) is 11.3 Å². The van der Waals surface area contributed by atoms with E-state index in [1.165, 1.54) is 12.1 Å². The van der Waals surface area contributed by atoms with Crippen molar-refractivity contribution in [3.8, 4) is 5.75 Å². The van der Waals surface area contributed by atoms with E-state index in [1.54, 1.807) is 48.4 Å². The molecule has 2 heterocycles. The lowest BCUT2D eigenvalue weighted by atomic mass is 9.98. The molecule has 0 bridgehead atoms. The maximum Gasteiger partial charge on any atom is 0.290 e. The number of nitrogens with zero attached hydrogens (tertiary/aromatic N) is 2. The number of rotatable bonds is 6. The van der Waals surface area contributed by atoms with Crippen LogP contribution in [0.1, 0.15) is 33.3 Å². The van der Waals surface area contributed by atoms with Crippen LogP contribution in [-0.2, 0) is 6.42 Å². The summed E-state index contributed by atoms with van der Waals surface area (Å²) < 4.78 is 11.1. The van der Waals surface area contributed by atoms with Gasteiger partial charge in [0.25, 0.3) is 11.6 Å². The normalized spacial score (nSPS) is 14.9. The predicted octanol–water partition coefficient (Wildman–Crippen LogP) is 4.50. The summed E-state index contributed by atoms with van der Waals surface area (Å²) in [4.78, 5) is 39.1. The summed E-state index contributed by atoms with van der Waals surface area (Å²) in [5.74, 6) is 0.371. The predicted molar refractivity (Wildman–Crippen MR) is 125 cm³/mol. The van der Waals surface area contributed by atoms with Crippen LogP contribution in [0.3, 0.4) is 0 Å². The first kappa shape index (κ1) is 21.4. The number of para-hydroxylation sites is 1. The number of benzene rings is 3. The van der Waals surface area contributed by atoms with Crippen LogP contribution in [-0.4, -0.2) is 29.4 Å². The minimum atomic E-state index is -0.706. The van der Waals surface area contributed by atoms with E-state index in [-0.39, 0.29) is 28.3 Å². The van der Waals surface area contributed by atoms with Gasteiger partial charge >= 0.3 is 0 Å². The Morgan fingerprint density at radius 2 is 1.71 bits per heavy atom. The number of carbonyl (C=O) groups is 1. The maximum atomic E-state index is 13.5. The standard InChI is InChI=1S/C26H20N2O6/c1-33-19-12-6-16(7-13-19)14-15-27-23(17-8-10-18(11-9-17)28(31)32)22-24(29)20-4-2-3-5-21(20)34-25(22)26(27)30/h2-13,23H,14-15H2,1H3/t23-/m1/s1. The van der Waals surface area contributed by atoms with Crippen LogP contribution in [0.4, 0.5) is 5.69 Å². The number of nitro benzene ring substituents is 1. The third-order valence-electron chi connectivity index (χ3n) is 6.09. The topological polar surface area (TPSA) is 103 Å². The van der Waals surface area contributed by atoms with E-state index in [0.29, 0.717) is 29.5 Å².